The monoisotopic (exact) mass is 310 g/mol. The number of rotatable bonds is 4. The van der Waals surface area contributed by atoms with E-state index in [1.54, 1.807) is 13.0 Å². The molecular formula is C15H19FN2O2S. The smallest absolute Gasteiger partial charge is 0.313 e. The number of aryl methyl sites for hydroxylation is 1. The van der Waals surface area contributed by atoms with E-state index >= 15 is 0 Å². The summed E-state index contributed by atoms with van der Waals surface area (Å²) in [7, 11) is 0. The number of carboxylic acid groups (broad SMARTS) is 1. The van der Waals surface area contributed by atoms with Gasteiger partial charge in [0.1, 0.15) is 5.82 Å². The van der Waals surface area contributed by atoms with Crippen LogP contribution in [0.3, 0.4) is 0 Å². The van der Waals surface area contributed by atoms with Crippen molar-refractivity contribution in [3.8, 4) is 0 Å². The van der Waals surface area contributed by atoms with Gasteiger partial charge in [-0.2, -0.15) is 0 Å². The molecule has 0 spiro atoms. The zero-order chi connectivity index (χ0) is 15.8. The highest BCUT2D eigenvalue weighted by molar-refractivity contribution is 7.99. The molecule has 114 valence electrons. The number of imidazole rings is 1. The van der Waals surface area contributed by atoms with Gasteiger partial charge in [0.05, 0.1) is 16.8 Å². The lowest BCUT2D eigenvalue weighted by atomic mass is 9.97. The first-order valence-electron chi connectivity index (χ1n) is 6.68. The van der Waals surface area contributed by atoms with Gasteiger partial charge in [0.2, 0.25) is 0 Å². The lowest BCUT2D eigenvalue weighted by molar-refractivity contribution is -0.133. The third kappa shape index (κ3) is 3.75. The van der Waals surface area contributed by atoms with Gasteiger partial charge in [-0.1, -0.05) is 32.5 Å². The first-order chi connectivity index (χ1) is 9.67. The van der Waals surface area contributed by atoms with Crippen LogP contribution < -0.4 is 0 Å². The molecule has 2 rings (SSSR count). The predicted octanol–water partition coefficient (Wildman–Crippen LogP) is 3.71. The quantitative estimate of drug-likeness (QED) is 0.875. The predicted molar refractivity (Wildman–Crippen MR) is 82.2 cm³/mol. The fraction of sp³-hybridized carbons (Fsp3) is 0.467. The molecule has 0 saturated heterocycles. The van der Waals surface area contributed by atoms with E-state index in [0.717, 1.165) is 17.3 Å². The molecule has 0 aliphatic rings. The number of hydrogen-bond donors (Lipinski definition) is 1. The Hall–Kier alpha value is -1.56. The molecule has 0 unspecified atom stereocenters. The van der Waals surface area contributed by atoms with Crippen molar-refractivity contribution in [3.63, 3.8) is 0 Å². The van der Waals surface area contributed by atoms with E-state index in [0.29, 0.717) is 22.8 Å². The Morgan fingerprint density at radius 1 is 1.43 bits per heavy atom. The van der Waals surface area contributed by atoms with Gasteiger partial charge in [-0.05, 0) is 24.0 Å². The van der Waals surface area contributed by atoms with Crippen LogP contribution in [-0.2, 0) is 11.3 Å². The van der Waals surface area contributed by atoms with Crippen molar-refractivity contribution in [2.45, 2.75) is 39.4 Å². The van der Waals surface area contributed by atoms with E-state index in [2.05, 4.69) is 25.8 Å². The number of fused-ring (bicyclic) bond motifs is 1. The minimum absolute atomic E-state index is 0.00839. The van der Waals surface area contributed by atoms with Gasteiger partial charge >= 0.3 is 5.97 Å². The molecule has 1 heterocycles. The van der Waals surface area contributed by atoms with Crippen molar-refractivity contribution in [3.05, 3.63) is 23.5 Å². The molecule has 0 fully saturated rings. The molecule has 0 saturated carbocycles. The molecule has 2 aromatic rings. The molecule has 0 aliphatic carbocycles. The minimum atomic E-state index is -0.892. The maximum Gasteiger partial charge on any atom is 0.313 e. The van der Waals surface area contributed by atoms with Crippen molar-refractivity contribution in [2.24, 2.45) is 5.41 Å². The van der Waals surface area contributed by atoms with Gasteiger partial charge in [0.15, 0.2) is 5.16 Å². The highest BCUT2D eigenvalue weighted by atomic mass is 32.2. The fourth-order valence-electron chi connectivity index (χ4n) is 2.09. The van der Waals surface area contributed by atoms with E-state index in [9.17, 15) is 9.18 Å². The van der Waals surface area contributed by atoms with E-state index in [-0.39, 0.29) is 17.0 Å². The number of carboxylic acids is 1. The third-order valence-corrected chi connectivity index (χ3v) is 3.91. The van der Waals surface area contributed by atoms with E-state index in [1.165, 1.54) is 6.07 Å². The molecule has 0 aliphatic heterocycles. The van der Waals surface area contributed by atoms with Gasteiger partial charge < -0.3 is 9.67 Å². The summed E-state index contributed by atoms with van der Waals surface area (Å²) in [4.78, 5) is 15.2. The second-order valence-corrected chi connectivity index (χ2v) is 7.26. The van der Waals surface area contributed by atoms with E-state index in [1.807, 2.05) is 4.57 Å². The van der Waals surface area contributed by atoms with Crippen LogP contribution in [0, 0.1) is 18.2 Å². The molecule has 6 heteroatoms. The molecule has 0 bridgehead atoms. The summed E-state index contributed by atoms with van der Waals surface area (Å²) in [5, 5.41) is 9.46. The second-order valence-electron chi connectivity index (χ2n) is 6.31. The number of benzene rings is 1. The van der Waals surface area contributed by atoms with Crippen LogP contribution in [0.5, 0.6) is 0 Å². The summed E-state index contributed by atoms with van der Waals surface area (Å²) < 4.78 is 15.7. The van der Waals surface area contributed by atoms with Gasteiger partial charge in [-0.15, -0.1) is 0 Å². The summed E-state index contributed by atoms with van der Waals surface area (Å²) in [5.41, 5.74) is 1.98. The number of hydrogen-bond acceptors (Lipinski definition) is 3. The van der Waals surface area contributed by atoms with Crippen LogP contribution in [0.25, 0.3) is 11.0 Å². The lowest BCUT2D eigenvalue weighted by Gasteiger charge is -2.21. The standard InChI is InChI=1S/C15H19FN2O2S/c1-9-5-12-11(6-10(9)16)17-14(21-7-13(19)20)18(12)8-15(2,3)4/h5-6H,7-8H2,1-4H3,(H,19,20). The number of nitrogens with zero attached hydrogens (tertiary/aromatic N) is 2. The molecule has 1 aromatic heterocycles. The molecule has 0 radical (unpaired) electrons. The molecule has 1 N–H and O–H groups in total. The Morgan fingerprint density at radius 2 is 2.10 bits per heavy atom. The average molecular weight is 310 g/mol. The number of aliphatic carboxylic acids is 1. The largest absolute Gasteiger partial charge is 0.481 e. The summed E-state index contributed by atoms with van der Waals surface area (Å²) in [5.74, 6) is -1.25. The maximum absolute atomic E-state index is 13.7. The first kappa shape index (κ1) is 15.8. The molecule has 1 aromatic carbocycles. The molecule has 0 atom stereocenters. The van der Waals surface area contributed by atoms with Crippen LogP contribution in [0.1, 0.15) is 26.3 Å². The Bertz CT molecular complexity index is 689. The first-order valence-corrected chi connectivity index (χ1v) is 7.67. The van der Waals surface area contributed by atoms with Crippen molar-refractivity contribution < 1.29 is 14.3 Å². The third-order valence-electron chi connectivity index (χ3n) is 2.95. The molecule has 4 nitrogen and oxygen atoms in total. The highest BCUT2D eigenvalue weighted by Crippen LogP contribution is 2.29. The van der Waals surface area contributed by atoms with Gasteiger partial charge in [0.25, 0.3) is 0 Å². The van der Waals surface area contributed by atoms with Crippen molar-refractivity contribution in [1.29, 1.82) is 0 Å². The molecule has 21 heavy (non-hydrogen) atoms. The lowest BCUT2D eigenvalue weighted by Crippen LogP contribution is -2.16. The van der Waals surface area contributed by atoms with Gasteiger partial charge in [-0.25, -0.2) is 9.37 Å². The Balaban J connectivity index is 2.54. The van der Waals surface area contributed by atoms with Crippen LogP contribution in [0.4, 0.5) is 4.39 Å². The topological polar surface area (TPSA) is 55.1 Å². The van der Waals surface area contributed by atoms with Gasteiger partial charge in [0, 0.05) is 12.6 Å². The second kappa shape index (κ2) is 5.67. The summed E-state index contributed by atoms with van der Waals surface area (Å²) in [6.45, 7) is 8.70. The van der Waals surface area contributed by atoms with Crippen LogP contribution in [0.2, 0.25) is 0 Å². The van der Waals surface area contributed by atoms with Crippen LogP contribution in [0.15, 0.2) is 17.3 Å². The van der Waals surface area contributed by atoms with Gasteiger partial charge in [-0.3, -0.25) is 4.79 Å². The Labute approximate surface area is 127 Å². The summed E-state index contributed by atoms with van der Waals surface area (Å²) in [6, 6.07) is 3.18. The fourth-order valence-corrected chi connectivity index (χ4v) is 2.83. The molecular weight excluding hydrogens is 291 g/mol. The SMILES string of the molecule is Cc1cc2c(cc1F)nc(SCC(=O)O)n2CC(C)(C)C. The van der Waals surface area contributed by atoms with E-state index in [4.69, 9.17) is 5.11 Å². The zero-order valence-electron chi connectivity index (χ0n) is 12.6. The number of halogens is 1. The van der Waals surface area contributed by atoms with Crippen molar-refractivity contribution in [2.75, 3.05) is 5.75 Å². The Kier molecular flexibility index (Phi) is 4.27. The molecule has 0 amide bonds. The van der Waals surface area contributed by atoms with E-state index < -0.39 is 5.97 Å². The maximum atomic E-state index is 13.7. The highest BCUT2D eigenvalue weighted by Gasteiger charge is 2.19. The summed E-state index contributed by atoms with van der Waals surface area (Å²) >= 11 is 1.16. The number of thioether (sulfide) groups is 1. The van der Waals surface area contributed by atoms with Crippen LogP contribution in [-0.4, -0.2) is 26.4 Å². The van der Waals surface area contributed by atoms with Crippen LogP contribution >= 0.6 is 11.8 Å². The van der Waals surface area contributed by atoms with Crippen molar-refractivity contribution in [1.82, 2.24) is 9.55 Å². The zero-order valence-corrected chi connectivity index (χ0v) is 13.4. The average Bonchev–Trinajstić information content (AvgIpc) is 2.63. The number of carbonyl (C=O) groups is 1. The van der Waals surface area contributed by atoms with Crippen molar-refractivity contribution >= 4 is 28.8 Å². The Morgan fingerprint density at radius 3 is 2.67 bits per heavy atom. The number of aromatic nitrogens is 2. The normalized spacial score (nSPS) is 12.0. The summed E-state index contributed by atoms with van der Waals surface area (Å²) in [6.07, 6.45) is 0. The minimum Gasteiger partial charge on any atom is -0.481 e.